The first-order valence-corrected chi connectivity index (χ1v) is 8.52. The van der Waals surface area contributed by atoms with Crippen LogP contribution < -0.4 is 5.32 Å². The highest BCUT2D eigenvalue weighted by Crippen LogP contribution is 2.27. The topological polar surface area (TPSA) is 65.5 Å². The minimum Gasteiger partial charge on any atom is -0.394 e. The molecule has 5 nitrogen and oxygen atoms in total. The van der Waals surface area contributed by atoms with Crippen molar-refractivity contribution >= 4 is 17.4 Å². The van der Waals surface area contributed by atoms with Gasteiger partial charge in [0.05, 0.1) is 23.4 Å². The summed E-state index contributed by atoms with van der Waals surface area (Å²) in [7, 11) is 1.70. The van der Waals surface area contributed by atoms with Gasteiger partial charge < -0.3 is 15.3 Å². The van der Waals surface area contributed by atoms with Crippen LogP contribution in [-0.2, 0) is 19.3 Å². The summed E-state index contributed by atoms with van der Waals surface area (Å²) >= 11 is 1.84. The molecule has 2 N–H and O–H groups in total. The van der Waals surface area contributed by atoms with Crippen LogP contribution >= 0.6 is 11.3 Å². The van der Waals surface area contributed by atoms with Gasteiger partial charge in [-0.05, 0) is 39.0 Å². The second-order valence-corrected chi connectivity index (χ2v) is 6.83. The second kappa shape index (κ2) is 7.75. The summed E-state index contributed by atoms with van der Waals surface area (Å²) in [5, 5.41) is 13.1. The molecule has 1 atom stereocenters. The Balaban J connectivity index is 1.70. The monoisotopic (exact) mass is 311 g/mol. The number of thiazole rings is 1. The van der Waals surface area contributed by atoms with Crippen molar-refractivity contribution in [2.45, 2.75) is 51.5 Å². The number of carbonyl (C=O) groups is 1. The molecular weight excluding hydrogens is 286 g/mol. The van der Waals surface area contributed by atoms with E-state index in [0.717, 1.165) is 19.3 Å². The SMILES string of the molecule is CC(CO)N(C)C(=O)NCCCc1nc2c(s1)CCCC2. The third-order valence-electron chi connectivity index (χ3n) is 3.98. The van der Waals surface area contributed by atoms with E-state index in [4.69, 9.17) is 10.1 Å². The van der Waals surface area contributed by atoms with Gasteiger partial charge in [0.1, 0.15) is 0 Å². The molecule has 0 radical (unpaired) electrons. The number of fused-ring (bicyclic) bond motifs is 1. The van der Waals surface area contributed by atoms with Gasteiger partial charge >= 0.3 is 6.03 Å². The van der Waals surface area contributed by atoms with Crippen LogP contribution in [0.2, 0.25) is 0 Å². The Bertz CT molecular complexity index is 452. The molecule has 0 saturated carbocycles. The maximum Gasteiger partial charge on any atom is 0.317 e. The maximum absolute atomic E-state index is 11.8. The summed E-state index contributed by atoms with van der Waals surface area (Å²) in [5.74, 6) is 0. The van der Waals surface area contributed by atoms with Gasteiger partial charge in [-0.1, -0.05) is 0 Å². The van der Waals surface area contributed by atoms with E-state index in [0.29, 0.717) is 6.54 Å². The first-order chi connectivity index (χ1) is 10.1. The normalized spacial score (nSPS) is 15.4. The van der Waals surface area contributed by atoms with Crippen molar-refractivity contribution in [3.05, 3.63) is 15.6 Å². The van der Waals surface area contributed by atoms with E-state index >= 15 is 0 Å². The number of carbonyl (C=O) groups excluding carboxylic acids is 1. The molecule has 1 unspecified atom stereocenters. The van der Waals surface area contributed by atoms with E-state index in [2.05, 4.69) is 5.32 Å². The van der Waals surface area contributed by atoms with Crippen LogP contribution in [0, 0.1) is 0 Å². The molecule has 1 aliphatic carbocycles. The first kappa shape index (κ1) is 16.2. The third kappa shape index (κ3) is 4.41. The Hall–Kier alpha value is -1.14. The van der Waals surface area contributed by atoms with Gasteiger partial charge in [0, 0.05) is 24.9 Å². The average Bonchev–Trinajstić information content (AvgIpc) is 2.92. The predicted molar refractivity (Wildman–Crippen MR) is 84.8 cm³/mol. The fourth-order valence-electron chi connectivity index (χ4n) is 2.39. The summed E-state index contributed by atoms with van der Waals surface area (Å²) in [5.41, 5.74) is 1.31. The van der Waals surface area contributed by atoms with Crippen LogP contribution in [0.1, 0.15) is 41.8 Å². The molecule has 2 amide bonds. The lowest BCUT2D eigenvalue weighted by Gasteiger charge is -2.23. The van der Waals surface area contributed by atoms with E-state index in [-0.39, 0.29) is 18.7 Å². The number of aliphatic hydroxyl groups excluding tert-OH is 1. The van der Waals surface area contributed by atoms with Gasteiger partial charge in [-0.2, -0.15) is 0 Å². The van der Waals surface area contributed by atoms with Crippen LogP contribution in [0.15, 0.2) is 0 Å². The molecule has 2 rings (SSSR count). The Morgan fingerprint density at radius 3 is 2.95 bits per heavy atom. The van der Waals surface area contributed by atoms with Crippen molar-refractivity contribution in [1.82, 2.24) is 15.2 Å². The van der Waals surface area contributed by atoms with Crippen LogP contribution in [0.3, 0.4) is 0 Å². The van der Waals surface area contributed by atoms with Gasteiger partial charge in [0.2, 0.25) is 0 Å². The number of hydrogen-bond acceptors (Lipinski definition) is 4. The third-order valence-corrected chi connectivity index (χ3v) is 5.20. The fourth-order valence-corrected chi connectivity index (χ4v) is 3.59. The Morgan fingerprint density at radius 2 is 2.24 bits per heavy atom. The molecule has 0 aromatic carbocycles. The van der Waals surface area contributed by atoms with Crippen LogP contribution in [-0.4, -0.2) is 47.3 Å². The molecular formula is C15H25N3O2S. The Kier molecular flexibility index (Phi) is 5.99. The fraction of sp³-hybridized carbons (Fsp3) is 0.733. The van der Waals surface area contributed by atoms with Crippen LogP contribution in [0.25, 0.3) is 0 Å². The number of likely N-dealkylation sites (N-methyl/N-ethyl adjacent to an activating group) is 1. The molecule has 0 spiro atoms. The average molecular weight is 311 g/mol. The number of aliphatic hydroxyl groups is 1. The molecule has 21 heavy (non-hydrogen) atoms. The number of amides is 2. The van der Waals surface area contributed by atoms with Crippen LogP contribution in [0.5, 0.6) is 0 Å². The molecule has 0 bridgehead atoms. The summed E-state index contributed by atoms with van der Waals surface area (Å²) < 4.78 is 0. The Labute approximate surface area is 130 Å². The van der Waals surface area contributed by atoms with Gasteiger partial charge in [-0.25, -0.2) is 9.78 Å². The van der Waals surface area contributed by atoms with Crippen molar-refractivity contribution in [2.24, 2.45) is 0 Å². The van der Waals surface area contributed by atoms with Crippen molar-refractivity contribution in [3.63, 3.8) is 0 Å². The number of nitrogens with zero attached hydrogens (tertiary/aromatic N) is 2. The largest absolute Gasteiger partial charge is 0.394 e. The highest BCUT2D eigenvalue weighted by Gasteiger charge is 2.16. The van der Waals surface area contributed by atoms with Gasteiger partial charge in [0.25, 0.3) is 0 Å². The minimum absolute atomic E-state index is 0.0193. The maximum atomic E-state index is 11.8. The number of rotatable bonds is 6. The highest BCUT2D eigenvalue weighted by molar-refractivity contribution is 7.11. The van der Waals surface area contributed by atoms with E-state index in [1.54, 1.807) is 7.05 Å². The standard InChI is InChI=1S/C15H25N3O2S/c1-11(10-19)18(2)15(20)16-9-5-8-14-17-12-6-3-4-7-13(12)21-14/h11,19H,3-10H2,1-2H3,(H,16,20). The Morgan fingerprint density at radius 1 is 1.48 bits per heavy atom. The lowest BCUT2D eigenvalue weighted by Crippen LogP contribution is -2.44. The quantitative estimate of drug-likeness (QED) is 0.790. The number of hydrogen-bond donors (Lipinski definition) is 2. The van der Waals surface area contributed by atoms with Gasteiger partial charge in [0.15, 0.2) is 0 Å². The van der Waals surface area contributed by atoms with E-state index < -0.39 is 0 Å². The minimum atomic E-state index is -0.157. The molecule has 0 fully saturated rings. The number of aryl methyl sites for hydroxylation is 3. The lowest BCUT2D eigenvalue weighted by molar-refractivity contribution is 0.157. The number of nitrogens with one attached hydrogen (secondary N) is 1. The summed E-state index contributed by atoms with van der Waals surface area (Å²) in [6.45, 7) is 2.44. The van der Waals surface area contributed by atoms with Crippen molar-refractivity contribution < 1.29 is 9.90 Å². The zero-order valence-electron chi connectivity index (χ0n) is 12.9. The summed E-state index contributed by atoms with van der Waals surface area (Å²) in [4.78, 5) is 19.5. The molecule has 1 aromatic rings. The van der Waals surface area contributed by atoms with Crippen LogP contribution in [0.4, 0.5) is 4.79 Å². The highest BCUT2D eigenvalue weighted by atomic mass is 32.1. The molecule has 1 aromatic heterocycles. The molecule has 1 heterocycles. The van der Waals surface area contributed by atoms with Gasteiger partial charge in [-0.15, -0.1) is 11.3 Å². The molecule has 6 heteroatoms. The summed E-state index contributed by atoms with van der Waals surface area (Å²) in [6.07, 6.45) is 6.71. The summed E-state index contributed by atoms with van der Waals surface area (Å²) in [6, 6.07) is -0.286. The van der Waals surface area contributed by atoms with E-state index in [9.17, 15) is 4.79 Å². The van der Waals surface area contributed by atoms with Crippen molar-refractivity contribution in [1.29, 1.82) is 0 Å². The number of urea groups is 1. The van der Waals surface area contributed by atoms with E-state index in [1.807, 2.05) is 18.3 Å². The molecule has 118 valence electrons. The van der Waals surface area contributed by atoms with Crippen molar-refractivity contribution in [3.8, 4) is 0 Å². The zero-order valence-corrected chi connectivity index (χ0v) is 13.7. The lowest BCUT2D eigenvalue weighted by atomic mass is 10.0. The zero-order chi connectivity index (χ0) is 15.2. The second-order valence-electron chi connectivity index (χ2n) is 5.66. The van der Waals surface area contributed by atoms with Gasteiger partial charge in [-0.3, -0.25) is 0 Å². The predicted octanol–water partition coefficient (Wildman–Crippen LogP) is 1.98. The molecule has 1 aliphatic rings. The molecule has 0 aliphatic heterocycles. The first-order valence-electron chi connectivity index (χ1n) is 7.70. The smallest absolute Gasteiger partial charge is 0.317 e. The van der Waals surface area contributed by atoms with E-state index in [1.165, 1.54) is 39.7 Å². The molecule has 0 saturated heterocycles. The van der Waals surface area contributed by atoms with Crippen molar-refractivity contribution in [2.75, 3.05) is 20.2 Å². The number of aromatic nitrogens is 1.